The number of nitrogens with zero attached hydrogens (tertiary/aromatic N) is 1. The monoisotopic (exact) mass is 311 g/mol. The first-order valence-corrected chi connectivity index (χ1v) is 7.70. The number of alkyl halides is 1. The zero-order valence-corrected chi connectivity index (χ0v) is 14.2. The summed E-state index contributed by atoms with van der Waals surface area (Å²) in [6.45, 7) is 12.9. The molecular weight excluding hydrogens is 286 g/mol. The second-order valence-corrected chi connectivity index (χ2v) is 4.89. The van der Waals surface area contributed by atoms with E-state index in [9.17, 15) is 4.79 Å². The minimum Gasteiger partial charge on any atom is -0.443 e. The van der Waals surface area contributed by atoms with Gasteiger partial charge in [0.05, 0.1) is 0 Å². The van der Waals surface area contributed by atoms with Crippen molar-refractivity contribution in [2.45, 2.75) is 39.8 Å². The molecule has 0 aliphatic heterocycles. The van der Waals surface area contributed by atoms with Gasteiger partial charge in [-0.05, 0) is 32.5 Å². The van der Waals surface area contributed by atoms with Gasteiger partial charge in [-0.1, -0.05) is 50.8 Å². The Morgan fingerprint density at radius 3 is 2.14 bits per heavy atom. The van der Waals surface area contributed by atoms with Crippen LogP contribution in [0.1, 0.15) is 33.3 Å². The smallest absolute Gasteiger partial charge is 0.334 e. The molecule has 0 aliphatic carbocycles. The van der Waals surface area contributed by atoms with E-state index in [1.165, 1.54) is 5.56 Å². The molecule has 0 aliphatic rings. The van der Waals surface area contributed by atoms with Gasteiger partial charge in [0.15, 0.2) is 6.23 Å². The van der Waals surface area contributed by atoms with Gasteiger partial charge in [0.1, 0.15) is 0 Å². The summed E-state index contributed by atoms with van der Waals surface area (Å²) in [5.41, 5.74) is 1.62. The van der Waals surface area contributed by atoms with Crippen LogP contribution in [0, 0.1) is 0 Å². The van der Waals surface area contributed by atoms with E-state index in [1.807, 2.05) is 51.1 Å². The molecule has 0 N–H and O–H groups in total. The van der Waals surface area contributed by atoms with Gasteiger partial charge in [0.2, 0.25) is 0 Å². The van der Waals surface area contributed by atoms with Crippen LogP contribution in [0.4, 0.5) is 0 Å². The minimum atomic E-state index is -0.320. The maximum absolute atomic E-state index is 11.1. The summed E-state index contributed by atoms with van der Waals surface area (Å²) in [5, 5.41) is 0. The molecule has 1 rings (SSSR count). The number of halogens is 1. The Labute approximate surface area is 133 Å². The van der Waals surface area contributed by atoms with Gasteiger partial charge in [0, 0.05) is 11.5 Å². The van der Waals surface area contributed by atoms with Crippen LogP contribution < -0.4 is 0 Å². The van der Waals surface area contributed by atoms with Crippen molar-refractivity contribution in [1.29, 1.82) is 0 Å². The highest BCUT2D eigenvalue weighted by atomic mass is 35.5. The van der Waals surface area contributed by atoms with E-state index in [-0.39, 0.29) is 12.2 Å². The number of benzene rings is 1. The van der Waals surface area contributed by atoms with E-state index in [4.69, 9.17) is 16.3 Å². The summed E-state index contributed by atoms with van der Waals surface area (Å²) in [5.74, 6) is 0.292. The van der Waals surface area contributed by atoms with Crippen molar-refractivity contribution in [1.82, 2.24) is 4.90 Å². The molecule has 0 bridgehead atoms. The lowest BCUT2D eigenvalue weighted by molar-refractivity contribution is -0.152. The van der Waals surface area contributed by atoms with Crippen LogP contribution in [-0.4, -0.2) is 30.2 Å². The van der Waals surface area contributed by atoms with Crippen molar-refractivity contribution in [3.05, 3.63) is 48.0 Å². The normalized spacial score (nSPS) is 11.3. The van der Waals surface area contributed by atoms with Gasteiger partial charge in [0.25, 0.3) is 0 Å². The summed E-state index contributed by atoms with van der Waals surface area (Å²) < 4.78 is 5.14. The fourth-order valence-electron chi connectivity index (χ4n) is 1.63. The minimum absolute atomic E-state index is 0.167. The van der Waals surface area contributed by atoms with Gasteiger partial charge in [-0.25, -0.2) is 4.79 Å². The predicted octanol–water partition coefficient (Wildman–Crippen LogP) is 4.22. The van der Waals surface area contributed by atoms with Crippen molar-refractivity contribution in [2.75, 3.05) is 13.1 Å². The number of hydrogen-bond acceptors (Lipinski definition) is 3. The average Bonchev–Trinajstić information content (AvgIpc) is 2.49. The Morgan fingerprint density at radius 2 is 1.81 bits per heavy atom. The molecule has 1 aromatic carbocycles. The fraction of sp³-hybridized carbons (Fsp3) is 0.471. The molecule has 0 saturated heterocycles. The maximum atomic E-state index is 11.1. The third kappa shape index (κ3) is 8.53. The van der Waals surface area contributed by atoms with Gasteiger partial charge >= 0.3 is 5.97 Å². The molecule has 0 spiro atoms. The van der Waals surface area contributed by atoms with Crippen molar-refractivity contribution < 1.29 is 9.53 Å². The maximum Gasteiger partial charge on any atom is 0.334 e. The third-order valence-corrected chi connectivity index (χ3v) is 3.26. The fourth-order valence-corrected chi connectivity index (χ4v) is 1.81. The van der Waals surface area contributed by atoms with Crippen LogP contribution in [0.2, 0.25) is 0 Å². The van der Waals surface area contributed by atoms with Gasteiger partial charge < -0.3 is 4.74 Å². The number of ether oxygens (including phenoxy) is 1. The molecule has 4 heteroatoms. The molecule has 1 unspecified atom stereocenters. The first-order valence-electron chi connectivity index (χ1n) is 7.16. The summed E-state index contributed by atoms with van der Waals surface area (Å²) in [7, 11) is 0. The van der Waals surface area contributed by atoms with E-state index in [0.717, 1.165) is 13.1 Å². The molecule has 1 aromatic rings. The molecule has 0 radical (unpaired) electrons. The Bertz CT molecular complexity index is 416. The number of carbonyl (C=O) groups excluding carboxylic acids is 1. The molecule has 0 heterocycles. The Kier molecular flexibility index (Phi) is 10.6. The van der Waals surface area contributed by atoms with E-state index in [0.29, 0.717) is 11.5 Å². The van der Waals surface area contributed by atoms with Gasteiger partial charge in [-0.2, -0.15) is 0 Å². The Morgan fingerprint density at radius 1 is 1.29 bits per heavy atom. The molecule has 0 fully saturated rings. The van der Waals surface area contributed by atoms with E-state index in [2.05, 4.69) is 11.5 Å². The summed E-state index contributed by atoms with van der Waals surface area (Å²) in [6, 6.07) is 9.96. The summed E-state index contributed by atoms with van der Waals surface area (Å²) in [6.07, 6.45) is -0.167. The summed E-state index contributed by atoms with van der Waals surface area (Å²) in [4.78, 5) is 13.2. The van der Waals surface area contributed by atoms with Crippen LogP contribution in [0.3, 0.4) is 0 Å². The van der Waals surface area contributed by atoms with E-state index < -0.39 is 0 Å². The molecule has 1 atom stereocenters. The highest BCUT2D eigenvalue weighted by molar-refractivity contribution is 6.17. The first-order chi connectivity index (χ1) is 9.96. The van der Waals surface area contributed by atoms with Gasteiger partial charge in [-0.15, -0.1) is 11.6 Å². The van der Waals surface area contributed by atoms with Crippen LogP contribution in [-0.2, 0) is 15.4 Å². The largest absolute Gasteiger partial charge is 0.443 e. The van der Waals surface area contributed by atoms with Crippen LogP contribution >= 0.6 is 11.6 Å². The zero-order chi connectivity index (χ0) is 16.3. The highest BCUT2D eigenvalue weighted by Crippen LogP contribution is 2.03. The van der Waals surface area contributed by atoms with Crippen LogP contribution in [0.15, 0.2) is 42.5 Å². The summed E-state index contributed by atoms with van der Waals surface area (Å²) >= 11 is 5.53. The number of carbonyl (C=O) groups is 1. The van der Waals surface area contributed by atoms with Crippen molar-refractivity contribution in [2.24, 2.45) is 0 Å². The van der Waals surface area contributed by atoms with Crippen LogP contribution in [0.25, 0.3) is 0 Å². The number of rotatable bonds is 6. The number of hydrogen-bond donors (Lipinski definition) is 0. The Hall–Kier alpha value is -1.32. The lowest BCUT2D eigenvalue weighted by atomic mass is 10.2. The number of esters is 1. The SMILES string of the molecule is C=C(C)C(=O)OC(C)N(CC)CC.ClCc1ccccc1. The van der Waals surface area contributed by atoms with E-state index in [1.54, 1.807) is 6.92 Å². The lowest BCUT2D eigenvalue weighted by Gasteiger charge is -2.25. The van der Waals surface area contributed by atoms with Gasteiger partial charge in [-0.3, -0.25) is 4.90 Å². The second-order valence-electron chi connectivity index (χ2n) is 4.63. The molecule has 0 saturated carbocycles. The molecule has 118 valence electrons. The molecule has 0 aromatic heterocycles. The zero-order valence-electron chi connectivity index (χ0n) is 13.4. The molecule has 0 amide bonds. The predicted molar refractivity (Wildman–Crippen MR) is 89.3 cm³/mol. The van der Waals surface area contributed by atoms with Crippen molar-refractivity contribution >= 4 is 17.6 Å². The van der Waals surface area contributed by atoms with Crippen molar-refractivity contribution in [3.63, 3.8) is 0 Å². The van der Waals surface area contributed by atoms with E-state index >= 15 is 0 Å². The van der Waals surface area contributed by atoms with Crippen molar-refractivity contribution in [3.8, 4) is 0 Å². The standard InChI is InChI=1S/C10H19NO2.C7H7Cl/c1-6-11(7-2)9(5)13-10(12)8(3)4;8-6-7-4-2-1-3-5-7/h9H,3,6-7H2,1-2,4-5H3;1-5H,6H2. The van der Waals surface area contributed by atoms with Crippen LogP contribution in [0.5, 0.6) is 0 Å². The Balaban J connectivity index is 0.000000423. The molecule has 3 nitrogen and oxygen atoms in total. The quantitative estimate of drug-likeness (QED) is 0.341. The topological polar surface area (TPSA) is 29.5 Å². The molecular formula is C17H26ClNO2. The highest BCUT2D eigenvalue weighted by Gasteiger charge is 2.14. The molecule has 21 heavy (non-hydrogen) atoms. The third-order valence-electron chi connectivity index (χ3n) is 2.95. The second kappa shape index (κ2) is 11.4. The first kappa shape index (κ1) is 19.7. The average molecular weight is 312 g/mol. The lowest BCUT2D eigenvalue weighted by Crippen LogP contribution is -2.36.